The summed E-state index contributed by atoms with van der Waals surface area (Å²) >= 11 is 0. The van der Waals surface area contributed by atoms with Crippen LogP contribution >= 0.6 is 0 Å². The van der Waals surface area contributed by atoms with Crippen LogP contribution in [0.25, 0.3) is 0 Å². The first-order valence-electron chi connectivity index (χ1n) is 15.1. The van der Waals surface area contributed by atoms with E-state index in [1.807, 2.05) is 11.8 Å². The molecule has 6 nitrogen and oxygen atoms in total. The molecule has 0 unspecified atom stereocenters. The SMILES string of the molecule is COC(=O)N1CCN(C(=O)CC[C@@H](C)[C@H]2CC[C@H]3[C@@H]4CC=C5C[C@@H](O)CC[C@]5(C)[C@H]4CC[C@]23C)C[C@@H]1C. The standard InChI is InChI=1S/C31H50N2O4/c1-20(6-11-28(35)32-16-17-33(21(2)19-32)29(36)37-5)25-9-10-26-24-8-7-22-18-23(34)12-14-30(22,3)27(24)13-15-31(25,26)4/h7,20-21,23-27,34H,6,8-19H2,1-5H3/t20-,21+,23+,24+,25-,26+,27+,30+,31-/m1/s1. The van der Waals surface area contributed by atoms with Gasteiger partial charge in [-0.2, -0.15) is 0 Å². The molecule has 6 heteroatoms. The number of ether oxygens (including phenoxy) is 1. The van der Waals surface area contributed by atoms with Crippen molar-refractivity contribution in [3.63, 3.8) is 0 Å². The second kappa shape index (κ2) is 10.2. The van der Waals surface area contributed by atoms with E-state index in [1.54, 1.807) is 10.5 Å². The average molecular weight is 515 g/mol. The molecule has 37 heavy (non-hydrogen) atoms. The van der Waals surface area contributed by atoms with Gasteiger partial charge in [-0.1, -0.05) is 32.4 Å². The van der Waals surface area contributed by atoms with Crippen molar-refractivity contribution in [2.45, 2.75) is 104 Å². The molecule has 3 saturated carbocycles. The van der Waals surface area contributed by atoms with Crippen LogP contribution in [0.1, 0.15) is 91.9 Å². The molecule has 0 aromatic carbocycles. The first kappa shape index (κ1) is 27.0. The van der Waals surface area contributed by atoms with Crippen molar-refractivity contribution in [2.75, 3.05) is 26.7 Å². The van der Waals surface area contributed by atoms with E-state index in [2.05, 4.69) is 26.8 Å². The van der Waals surface area contributed by atoms with E-state index in [0.717, 1.165) is 43.4 Å². The van der Waals surface area contributed by atoms with E-state index in [9.17, 15) is 14.7 Å². The van der Waals surface area contributed by atoms with Crippen LogP contribution in [0.2, 0.25) is 0 Å². The molecule has 4 fully saturated rings. The highest BCUT2D eigenvalue weighted by atomic mass is 16.5. The van der Waals surface area contributed by atoms with Gasteiger partial charge in [-0.05, 0) is 105 Å². The smallest absolute Gasteiger partial charge is 0.409 e. The number of nitrogens with zero attached hydrogens (tertiary/aromatic N) is 2. The third-order valence-electron chi connectivity index (χ3n) is 12.0. The van der Waals surface area contributed by atoms with E-state index in [1.165, 1.54) is 39.2 Å². The van der Waals surface area contributed by atoms with Crippen molar-refractivity contribution < 1.29 is 19.4 Å². The fourth-order valence-corrected chi connectivity index (χ4v) is 9.90. The first-order chi connectivity index (χ1) is 17.6. The minimum absolute atomic E-state index is 0.00777. The number of allylic oxidation sites excluding steroid dienone is 1. The van der Waals surface area contributed by atoms with E-state index < -0.39 is 0 Å². The maximum Gasteiger partial charge on any atom is 0.409 e. The number of hydrogen-bond acceptors (Lipinski definition) is 4. The van der Waals surface area contributed by atoms with E-state index >= 15 is 0 Å². The van der Waals surface area contributed by atoms with Crippen LogP contribution in [-0.2, 0) is 9.53 Å². The van der Waals surface area contributed by atoms with Crippen molar-refractivity contribution in [1.29, 1.82) is 0 Å². The lowest BCUT2D eigenvalue weighted by Gasteiger charge is -2.58. The van der Waals surface area contributed by atoms with E-state index in [0.29, 0.717) is 48.7 Å². The average Bonchev–Trinajstić information content (AvgIpc) is 3.24. The number of hydrogen-bond donors (Lipinski definition) is 1. The number of methoxy groups -OCH3 is 1. The Morgan fingerprint density at radius 1 is 1.14 bits per heavy atom. The molecule has 1 heterocycles. The molecule has 208 valence electrons. The molecule has 1 aliphatic heterocycles. The molecule has 1 N–H and O–H groups in total. The van der Waals surface area contributed by atoms with Gasteiger partial charge in [0.2, 0.25) is 5.91 Å². The second-order valence-corrected chi connectivity index (χ2v) is 13.8. The molecule has 0 spiro atoms. The Balaban J connectivity index is 1.19. The number of piperazine rings is 1. The number of aliphatic hydroxyl groups excluding tert-OH is 1. The third-order valence-corrected chi connectivity index (χ3v) is 12.0. The molecule has 5 aliphatic rings. The lowest BCUT2D eigenvalue weighted by Crippen LogP contribution is -2.55. The molecule has 0 bridgehead atoms. The molecule has 0 aromatic heterocycles. The predicted molar refractivity (Wildman–Crippen MR) is 145 cm³/mol. The van der Waals surface area contributed by atoms with Gasteiger partial charge in [0.15, 0.2) is 0 Å². The van der Waals surface area contributed by atoms with Crippen LogP contribution in [-0.4, -0.2) is 65.8 Å². The van der Waals surface area contributed by atoms with Crippen molar-refractivity contribution in [3.8, 4) is 0 Å². The molecule has 1 saturated heterocycles. The summed E-state index contributed by atoms with van der Waals surface area (Å²) in [4.78, 5) is 28.7. The van der Waals surface area contributed by atoms with Crippen LogP contribution in [0.5, 0.6) is 0 Å². The van der Waals surface area contributed by atoms with Crippen molar-refractivity contribution in [2.24, 2.45) is 40.4 Å². The van der Waals surface area contributed by atoms with Crippen LogP contribution in [0, 0.1) is 40.4 Å². The van der Waals surface area contributed by atoms with Gasteiger partial charge in [-0.25, -0.2) is 4.79 Å². The van der Waals surface area contributed by atoms with E-state index in [-0.39, 0.29) is 24.1 Å². The van der Waals surface area contributed by atoms with Crippen LogP contribution in [0.15, 0.2) is 11.6 Å². The van der Waals surface area contributed by atoms with Gasteiger partial charge < -0.3 is 19.6 Å². The topological polar surface area (TPSA) is 70.1 Å². The predicted octanol–water partition coefficient (Wildman–Crippen LogP) is 5.64. The van der Waals surface area contributed by atoms with Gasteiger partial charge in [0, 0.05) is 32.1 Å². The summed E-state index contributed by atoms with van der Waals surface area (Å²) in [5, 5.41) is 10.3. The highest BCUT2D eigenvalue weighted by molar-refractivity contribution is 5.77. The van der Waals surface area contributed by atoms with Crippen molar-refractivity contribution >= 4 is 12.0 Å². The number of carbonyl (C=O) groups excluding carboxylic acids is 2. The number of carbonyl (C=O) groups is 2. The zero-order valence-corrected chi connectivity index (χ0v) is 23.9. The molecule has 0 aromatic rings. The quantitative estimate of drug-likeness (QED) is 0.493. The summed E-state index contributed by atoms with van der Waals surface area (Å²) in [6.45, 7) is 11.2. The lowest BCUT2D eigenvalue weighted by atomic mass is 9.47. The maximum absolute atomic E-state index is 13.1. The summed E-state index contributed by atoms with van der Waals surface area (Å²) < 4.78 is 4.88. The molecular formula is C31H50N2O4. The molecule has 2 amide bonds. The maximum atomic E-state index is 13.1. The van der Waals surface area contributed by atoms with E-state index in [4.69, 9.17) is 4.74 Å². The highest BCUT2D eigenvalue weighted by Crippen LogP contribution is 2.67. The second-order valence-electron chi connectivity index (χ2n) is 13.8. The highest BCUT2D eigenvalue weighted by Gasteiger charge is 2.59. The van der Waals surface area contributed by atoms with Gasteiger partial charge in [-0.15, -0.1) is 0 Å². The summed E-state index contributed by atoms with van der Waals surface area (Å²) in [5.41, 5.74) is 2.24. The minimum Gasteiger partial charge on any atom is -0.453 e. The molecule has 9 atom stereocenters. The fraction of sp³-hybridized carbons (Fsp3) is 0.871. The Labute approximate surface area is 224 Å². The Hall–Kier alpha value is -1.56. The van der Waals surface area contributed by atoms with Crippen molar-refractivity contribution in [3.05, 3.63) is 11.6 Å². The number of rotatable bonds is 4. The van der Waals surface area contributed by atoms with Gasteiger partial charge in [0.1, 0.15) is 0 Å². The van der Waals surface area contributed by atoms with Crippen LogP contribution in [0.3, 0.4) is 0 Å². The molecule has 4 aliphatic carbocycles. The zero-order chi connectivity index (χ0) is 26.5. The monoisotopic (exact) mass is 514 g/mol. The van der Waals surface area contributed by atoms with Crippen molar-refractivity contribution in [1.82, 2.24) is 9.80 Å². The summed E-state index contributed by atoms with van der Waals surface area (Å²) in [5.74, 6) is 3.85. The molecule has 5 rings (SSSR count). The zero-order valence-electron chi connectivity index (χ0n) is 23.9. The van der Waals surface area contributed by atoms with Gasteiger partial charge in [0.25, 0.3) is 0 Å². The van der Waals surface area contributed by atoms with Crippen LogP contribution in [0.4, 0.5) is 4.79 Å². The Morgan fingerprint density at radius 2 is 1.92 bits per heavy atom. The molecule has 0 radical (unpaired) electrons. The third kappa shape index (κ3) is 4.63. The number of amides is 2. The summed E-state index contributed by atoms with van der Waals surface area (Å²) in [6.07, 6.45) is 13.2. The number of aliphatic hydroxyl groups is 1. The normalized spacial score (nSPS) is 42.3. The first-order valence-corrected chi connectivity index (χ1v) is 15.1. The summed E-state index contributed by atoms with van der Waals surface area (Å²) in [6, 6.07) is -0.00777. The summed E-state index contributed by atoms with van der Waals surface area (Å²) in [7, 11) is 1.41. The fourth-order valence-electron chi connectivity index (χ4n) is 9.90. The van der Waals surface area contributed by atoms with Crippen LogP contribution < -0.4 is 0 Å². The lowest BCUT2D eigenvalue weighted by molar-refractivity contribution is -0.134. The largest absolute Gasteiger partial charge is 0.453 e. The Bertz CT molecular complexity index is 919. The molecular weight excluding hydrogens is 464 g/mol. The van der Waals surface area contributed by atoms with Gasteiger partial charge >= 0.3 is 6.09 Å². The Kier molecular flexibility index (Phi) is 7.45. The number of fused-ring (bicyclic) bond motifs is 5. The minimum atomic E-state index is -0.299. The van der Waals surface area contributed by atoms with Gasteiger partial charge in [0.05, 0.1) is 13.2 Å². The van der Waals surface area contributed by atoms with Gasteiger partial charge in [-0.3, -0.25) is 4.79 Å². The Morgan fingerprint density at radius 3 is 2.65 bits per heavy atom.